The number of aliphatic carboxylic acids is 1. The topological polar surface area (TPSA) is 66.8 Å². The van der Waals surface area contributed by atoms with E-state index in [4.69, 9.17) is 26.6 Å². The molecule has 0 radical (unpaired) electrons. The molecule has 17 heavy (non-hydrogen) atoms. The number of aliphatic hydroxyl groups is 1. The van der Waals surface area contributed by atoms with Crippen molar-refractivity contribution in [2.45, 2.75) is 32.5 Å². The van der Waals surface area contributed by atoms with Crippen molar-refractivity contribution in [3.63, 3.8) is 0 Å². The number of aliphatic hydroxyl groups excluding tert-OH is 1. The SMILES string of the molecule is CCCC(Oc1cccc(Cl)c1CO)C(=O)O. The van der Waals surface area contributed by atoms with Gasteiger partial charge in [0, 0.05) is 10.6 Å². The van der Waals surface area contributed by atoms with Gasteiger partial charge in [-0.2, -0.15) is 0 Å². The van der Waals surface area contributed by atoms with E-state index >= 15 is 0 Å². The van der Waals surface area contributed by atoms with Crippen molar-refractivity contribution >= 4 is 17.6 Å². The second kappa shape index (κ2) is 6.47. The summed E-state index contributed by atoms with van der Waals surface area (Å²) < 4.78 is 5.38. The Morgan fingerprint density at radius 2 is 2.24 bits per heavy atom. The number of carboxylic acid groups (broad SMARTS) is 1. The zero-order valence-electron chi connectivity index (χ0n) is 9.52. The molecule has 0 aliphatic rings. The van der Waals surface area contributed by atoms with Gasteiger partial charge in [0.25, 0.3) is 0 Å². The van der Waals surface area contributed by atoms with Crippen LogP contribution in [0.15, 0.2) is 18.2 Å². The maximum absolute atomic E-state index is 11.0. The molecular weight excluding hydrogens is 244 g/mol. The van der Waals surface area contributed by atoms with Crippen LogP contribution in [0.1, 0.15) is 25.3 Å². The fraction of sp³-hybridized carbons (Fsp3) is 0.417. The van der Waals surface area contributed by atoms with Crippen molar-refractivity contribution in [2.24, 2.45) is 0 Å². The van der Waals surface area contributed by atoms with Crippen LogP contribution < -0.4 is 4.74 Å². The van der Waals surface area contributed by atoms with Crippen LogP contribution in [0, 0.1) is 0 Å². The van der Waals surface area contributed by atoms with E-state index in [-0.39, 0.29) is 6.61 Å². The molecule has 0 aliphatic carbocycles. The Morgan fingerprint density at radius 1 is 1.53 bits per heavy atom. The van der Waals surface area contributed by atoms with E-state index in [9.17, 15) is 4.79 Å². The number of carbonyl (C=O) groups is 1. The van der Waals surface area contributed by atoms with Gasteiger partial charge in [-0.3, -0.25) is 0 Å². The molecule has 4 nitrogen and oxygen atoms in total. The monoisotopic (exact) mass is 258 g/mol. The zero-order valence-corrected chi connectivity index (χ0v) is 10.3. The van der Waals surface area contributed by atoms with Gasteiger partial charge in [0.15, 0.2) is 6.10 Å². The van der Waals surface area contributed by atoms with Gasteiger partial charge in [-0.1, -0.05) is 31.0 Å². The summed E-state index contributed by atoms with van der Waals surface area (Å²) in [5.74, 6) is -0.698. The molecule has 0 heterocycles. The predicted octanol–water partition coefficient (Wildman–Crippen LogP) is 2.46. The third-order valence-electron chi connectivity index (χ3n) is 2.33. The van der Waals surface area contributed by atoms with Crippen LogP contribution in [0.4, 0.5) is 0 Å². The molecule has 1 rings (SSSR count). The van der Waals surface area contributed by atoms with E-state index in [2.05, 4.69) is 0 Å². The standard InChI is InChI=1S/C12H15ClO4/c1-2-4-11(12(15)16)17-10-6-3-5-9(13)8(10)7-14/h3,5-6,11,14H,2,4,7H2,1H3,(H,15,16). The van der Waals surface area contributed by atoms with Gasteiger partial charge in [0.1, 0.15) is 5.75 Å². The van der Waals surface area contributed by atoms with Gasteiger partial charge in [-0.15, -0.1) is 0 Å². The van der Waals surface area contributed by atoms with Crippen LogP contribution in [-0.2, 0) is 11.4 Å². The van der Waals surface area contributed by atoms with Crippen LogP contribution in [-0.4, -0.2) is 22.3 Å². The molecule has 0 fully saturated rings. The van der Waals surface area contributed by atoms with Gasteiger partial charge >= 0.3 is 5.97 Å². The van der Waals surface area contributed by atoms with E-state index in [1.165, 1.54) is 0 Å². The van der Waals surface area contributed by atoms with Gasteiger partial charge in [0.2, 0.25) is 0 Å². The Kier molecular flexibility index (Phi) is 5.25. The highest BCUT2D eigenvalue weighted by Gasteiger charge is 2.20. The second-order valence-electron chi connectivity index (χ2n) is 3.61. The fourth-order valence-electron chi connectivity index (χ4n) is 1.45. The molecule has 94 valence electrons. The average molecular weight is 259 g/mol. The second-order valence-corrected chi connectivity index (χ2v) is 4.02. The molecule has 0 spiro atoms. The highest BCUT2D eigenvalue weighted by atomic mass is 35.5. The normalized spacial score (nSPS) is 12.2. The van der Waals surface area contributed by atoms with E-state index in [0.717, 1.165) is 0 Å². The molecule has 0 amide bonds. The van der Waals surface area contributed by atoms with Gasteiger partial charge < -0.3 is 14.9 Å². The van der Waals surface area contributed by atoms with Crippen LogP contribution in [0.3, 0.4) is 0 Å². The number of hydrogen-bond acceptors (Lipinski definition) is 3. The van der Waals surface area contributed by atoms with E-state index in [1.807, 2.05) is 6.92 Å². The van der Waals surface area contributed by atoms with Gasteiger partial charge in [-0.25, -0.2) is 4.79 Å². The lowest BCUT2D eigenvalue weighted by molar-refractivity contribution is -0.145. The summed E-state index contributed by atoms with van der Waals surface area (Å²) in [6.07, 6.45) is 0.197. The summed E-state index contributed by atoms with van der Waals surface area (Å²) in [6, 6.07) is 4.88. The summed E-state index contributed by atoms with van der Waals surface area (Å²) in [7, 11) is 0. The smallest absolute Gasteiger partial charge is 0.344 e. The first kappa shape index (κ1) is 13.8. The van der Waals surface area contributed by atoms with Crippen LogP contribution in [0.2, 0.25) is 5.02 Å². The van der Waals surface area contributed by atoms with E-state index < -0.39 is 12.1 Å². The minimum absolute atomic E-state index is 0.284. The molecule has 5 heteroatoms. The lowest BCUT2D eigenvalue weighted by atomic mass is 10.2. The van der Waals surface area contributed by atoms with Crippen molar-refractivity contribution in [2.75, 3.05) is 0 Å². The number of hydrogen-bond donors (Lipinski definition) is 2. The lowest BCUT2D eigenvalue weighted by Crippen LogP contribution is -2.27. The van der Waals surface area contributed by atoms with Crippen molar-refractivity contribution in [3.05, 3.63) is 28.8 Å². The van der Waals surface area contributed by atoms with Crippen LogP contribution in [0.5, 0.6) is 5.75 Å². The highest BCUT2D eigenvalue weighted by molar-refractivity contribution is 6.31. The van der Waals surface area contributed by atoms with E-state index in [0.29, 0.717) is 29.2 Å². The predicted molar refractivity (Wildman–Crippen MR) is 64.3 cm³/mol. The average Bonchev–Trinajstić information content (AvgIpc) is 2.28. The summed E-state index contributed by atoms with van der Waals surface area (Å²) in [6.45, 7) is 1.59. The van der Waals surface area contributed by atoms with Crippen molar-refractivity contribution < 1.29 is 19.7 Å². The molecule has 1 unspecified atom stereocenters. The number of benzene rings is 1. The number of halogens is 1. The van der Waals surface area contributed by atoms with E-state index in [1.54, 1.807) is 18.2 Å². The Morgan fingerprint density at radius 3 is 2.76 bits per heavy atom. The molecule has 1 aromatic carbocycles. The third kappa shape index (κ3) is 3.61. The Hall–Kier alpha value is -1.26. The van der Waals surface area contributed by atoms with Crippen LogP contribution in [0.25, 0.3) is 0 Å². The molecule has 0 saturated carbocycles. The Labute approximate surface area is 105 Å². The summed E-state index contributed by atoms with van der Waals surface area (Å²) in [5, 5.41) is 18.5. The Balaban J connectivity index is 2.92. The highest BCUT2D eigenvalue weighted by Crippen LogP contribution is 2.27. The Bertz CT molecular complexity index is 392. The molecule has 0 bridgehead atoms. The van der Waals surface area contributed by atoms with Crippen molar-refractivity contribution in [3.8, 4) is 5.75 Å². The van der Waals surface area contributed by atoms with Crippen LogP contribution >= 0.6 is 11.6 Å². The molecule has 1 atom stereocenters. The largest absolute Gasteiger partial charge is 0.479 e. The van der Waals surface area contributed by atoms with Gasteiger partial charge in [-0.05, 0) is 18.6 Å². The first-order valence-corrected chi connectivity index (χ1v) is 5.75. The molecule has 0 aromatic heterocycles. The molecular formula is C12H15ClO4. The first-order chi connectivity index (χ1) is 8.10. The molecule has 1 aromatic rings. The number of rotatable bonds is 6. The summed E-state index contributed by atoms with van der Waals surface area (Å²) in [5.41, 5.74) is 0.413. The third-order valence-corrected chi connectivity index (χ3v) is 2.68. The summed E-state index contributed by atoms with van der Waals surface area (Å²) in [4.78, 5) is 11.0. The van der Waals surface area contributed by atoms with Gasteiger partial charge in [0.05, 0.1) is 6.61 Å². The number of ether oxygens (including phenoxy) is 1. The van der Waals surface area contributed by atoms with Crippen molar-refractivity contribution in [1.29, 1.82) is 0 Å². The zero-order chi connectivity index (χ0) is 12.8. The maximum Gasteiger partial charge on any atom is 0.344 e. The quantitative estimate of drug-likeness (QED) is 0.823. The maximum atomic E-state index is 11.0. The fourth-order valence-corrected chi connectivity index (χ4v) is 1.68. The lowest BCUT2D eigenvalue weighted by Gasteiger charge is -2.17. The van der Waals surface area contributed by atoms with Crippen molar-refractivity contribution in [1.82, 2.24) is 0 Å². The summed E-state index contributed by atoms with van der Waals surface area (Å²) >= 11 is 5.88. The molecule has 2 N–H and O–H groups in total. The first-order valence-electron chi connectivity index (χ1n) is 5.37. The molecule has 0 aliphatic heterocycles. The molecule has 0 saturated heterocycles. The number of carboxylic acids is 1. The minimum atomic E-state index is -1.02. The minimum Gasteiger partial charge on any atom is -0.479 e.